The van der Waals surface area contributed by atoms with Gasteiger partial charge in [0.2, 0.25) is 0 Å². The van der Waals surface area contributed by atoms with Gasteiger partial charge in [-0.2, -0.15) is 0 Å². The van der Waals surface area contributed by atoms with Crippen molar-refractivity contribution in [2.24, 2.45) is 0 Å². The quantitative estimate of drug-likeness (QED) is 0.499. The van der Waals surface area contributed by atoms with Gasteiger partial charge in [0.1, 0.15) is 0 Å². The van der Waals surface area contributed by atoms with Crippen LogP contribution in [0, 0.1) is 0 Å². The van der Waals surface area contributed by atoms with Crippen LogP contribution in [0.25, 0.3) is 0 Å². The van der Waals surface area contributed by atoms with E-state index in [1.807, 2.05) is 12.1 Å². The van der Waals surface area contributed by atoms with Crippen LogP contribution < -0.4 is 34.3 Å². The van der Waals surface area contributed by atoms with Crippen molar-refractivity contribution in [3.05, 3.63) is 36.4 Å². The number of aromatic hydroxyl groups is 1. The first-order chi connectivity index (χ1) is 5.77. The van der Waals surface area contributed by atoms with Crippen molar-refractivity contribution in [1.82, 2.24) is 0 Å². The van der Waals surface area contributed by atoms with E-state index in [1.54, 1.807) is 12.1 Å². The van der Waals surface area contributed by atoms with Crippen molar-refractivity contribution < 1.29 is 40.8 Å². The molecule has 0 saturated heterocycles. The molecule has 2 nitrogen and oxygen atoms in total. The number of allylic oxidation sites excluding steroid dienone is 1. The van der Waals surface area contributed by atoms with E-state index in [-0.39, 0.29) is 36.7 Å². The van der Waals surface area contributed by atoms with Crippen molar-refractivity contribution in [1.29, 1.82) is 0 Å². The maximum atomic E-state index is 9.25. The van der Waals surface area contributed by atoms with Crippen LogP contribution in [0.5, 0.6) is 11.5 Å². The normalized spacial score (nSPS) is 8.69. The minimum absolute atomic E-state index is 0. The number of hydrogen-bond donors (Lipinski definition) is 1. The van der Waals surface area contributed by atoms with E-state index in [4.69, 9.17) is 4.74 Å². The third kappa shape index (κ3) is 3.43. The van der Waals surface area contributed by atoms with E-state index < -0.39 is 0 Å². The van der Waals surface area contributed by atoms with Gasteiger partial charge in [-0.15, -0.1) is 6.58 Å². The van der Waals surface area contributed by atoms with Crippen molar-refractivity contribution in [3.8, 4) is 11.5 Å². The minimum atomic E-state index is 0. The molecule has 66 valence electrons. The van der Waals surface area contributed by atoms with Crippen LogP contribution in [0.1, 0.15) is 6.99 Å². The fourth-order valence-corrected chi connectivity index (χ4v) is 1.02. The van der Waals surface area contributed by atoms with E-state index in [0.29, 0.717) is 5.75 Å². The Morgan fingerprint density at radius 3 is 2.85 bits per heavy atom. The summed E-state index contributed by atoms with van der Waals surface area (Å²) in [6, 6.07) is 5.27. The van der Waals surface area contributed by atoms with Gasteiger partial charge in [0, 0.05) is 0 Å². The average molecular weight is 188 g/mol. The molecule has 1 N–H and O–H groups in total. The molecule has 0 radical (unpaired) electrons. The first kappa shape index (κ1) is 12.6. The summed E-state index contributed by atoms with van der Waals surface area (Å²) in [5.74, 6) is 0.680. The van der Waals surface area contributed by atoms with Crippen molar-refractivity contribution in [3.63, 3.8) is 0 Å². The van der Waals surface area contributed by atoms with Crippen molar-refractivity contribution >= 4 is 0 Å². The van der Waals surface area contributed by atoms with Crippen molar-refractivity contribution in [2.45, 2.75) is 6.42 Å². The predicted molar refractivity (Wildman–Crippen MR) is 49.7 cm³/mol. The van der Waals surface area contributed by atoms with E-state index in [1.165, 1.54) is 7.11 Å². The monoisotopic (exact) mass is 188 g/mol. The first-order valence-corrected chi connectivity index (χ1v) is 3.74. The molecule has 0 aromatic heterocycles. The second kappa shape index (κ2) is 6.08. The molecule has 0 atom stereocenters. The second-order valence-corrected chi connectivity index (χ2v) is 2.50. The summed E-state index contributed by atoms with van der Waals surface area (Å²) in [4.78, 5) is 0. The summed E-state index contributed by atoms with van der Waals surface area (Å²) in [6.07, 6.45) is 2.60. The Hall–Kier alpha value is -0.440. The molecule has 13 heavy (non-hydrogen) atoms. The summed E-state index contributed by atoms with van der Waals surface area (Å²) in [6.45, 7) is 3.63. The summed E-state index contributed by atoms with van der Waals surface area (Å²) < 4.78 is 4.95. The number of hydrogen-bond acceptors (Lipinski definition) is 2. The average Bonchev–Trinajstić information content (AvgIpc) is 2.09. The summed E-state index contributed by atoms with van der Waals surface area (Å²) in [5.41, 5.74) is 1.08. The van der Waals surface area contributed by atoms with Crippen LogP contribution in [0.3, 0.4) is 0 Å². The zero-order chi connectivity index (χ0) is 8.97. The molecule has 0 amide bonds. The molecule has 0 aliphatic rings. The van der Waals surface area contributed by atoms with E-state index in [2.05, 4.69) is 6.58 Å². The Morgan fingerprint density at radius 1 is 1.62 bits per heavy atom. The number of benzene rings is 1. The standard InChI is InChI=1S/C10H12O2.Na.H/c1-3-4-8-5-6-9(11)10(7-8)12-2;;/h3,5-7,11H,1,4H2,2H3;;/q;+1;-1. The molecule has 0 aliphatic carbocycles. The van der Waals surface area contributed by atoms with Gasteiger partial charge in [0.05, 0.1) is 7.11 Å². The molecule has 0 unspecified atom stereocenters. The van der Waals surface area contributed by atoms with E-state index in [9.17, 15) is 5.11 Å². The number of methoxy groups -OCH3 is 1. The second-order valence-electron chi connectivity index (χ2n) is 2.50. The molecule has 1 rings (SSSR count). The molecule has 0 saturated carbocycles. The summed E-state index contributed by atoms with van der Waals surface area (Å²) in [7, 11) is 1.53. The predicted octanol–water partition coefficient (Wildman–Crippen LogP) is -0.754. The molecule has 0 heterocycles. The first-order valence-electron chi connectivity index (χ1n) is 3.74. The Balaban J connectivity index is 0. The zero-order valence-corrected chi connectivity index (χ0v) is 10.1. The Morgan fingerprint density at radius 2 is 2.31 bits per heavy atom. The van der Waals surface area contributed by atoms with Gasteiger partial charge < -0.3 is 11.3 Å². The molecule has 1 aromatic carbocycles. The van der Waals surface area contributed by atoms with Crippen LogP contribution in [0.2, 0.25) is 0 Å². The summed E-state index contributed by atoms with van der Waals surface area (Å²) in [5, 5.41) is 9.25. The third-order valence-corrected chi connectivity index (χ3v) is 1.62. The van der Waals surface area contributed by atoms with Crippen molar-refractivity contribution in [2.75, 3.05) is 7.11 Å². The zero-order valence-electron chi connectivity index (χ0n) is 9.08. The van der Waals surface area contributed by atoms with E-state index >= 15 is 0 Å². The Kier molecular flexibility index (Phi) is 5.88. The topological polar surface area (TPSA) is 29.5 Å². The Labute approximate surface area is 102 Å². The van der Waals surface area contributed by atoms with Gasteiger partial charge in [-0.25, -0.2) is 0 Å². The fourth-order valence-electron chi connectivity index (χ4n) is 1.02. The fraction of sp³-hybridized carbons (Fsp3) is 0.200. The Bertz CT molecular complexity index is 289. The van der Waals surface area contributed by atoms with Crippen LogP contribution in [0.4, 0.5) is 0 Å². The third-order valence-electron chi connectivity index (χ3n) is 1.62. The molecule has 0 spiro atoms. The molecule has 3 heteroatoms. The van der Waals surface area contributed by atoms with Crippen LogP contribution >= 0.6 is 0 Å². The van der Waals surface area contributed by atoms with Gasteiger partial charge >= 0.3 is 29.6 Å². The summed E-state index contributed by atoms with van der Waals surface area (Å²) >= 11 is 0. The number of rotatable bonds is 3. The molecule has 0 fully saturated rings. The van der Waals surface area contributed by atoms with Gasteiger partial charge in [-0.3, -0.25) is 0 Å². The van der Waals surface area contributed by atoms with Crippen LogP contribution in [-0.2, 0) is 6.42 Å². The molecule has 0 aliphatic heterocycles. The minimum Gasteiger partial charge on any atom is -1.00 e. The molecule has 1 aromatic rings. The number of ether oxygens (including phenoxy) is 1. The largest absolute Gasteiger partial charge is 1.00 e. The molecular formula is C10H13NaO2. The van der Waals surface area contributed by atoms with Gasteiger partial charge in [0.25, 0.3) is 0 Å². The van der Waals surface area contributed by atoms with Crippen LogP contribution in [0.15, 0.2) is 30.9 Å². The molecular weight excluding hydrogens is 175 g/mol. The van der Waals surface area contributed by atoms with E-state index in [0.717, 1.165) is 12.0 Å². The molecule has 0 bridgehead atoms. The smallest absolute Gasteiger partial charge is 1.00 e. The maximum absolute atomic E-state index is 9.25. The van der Waals surface area contributed by atoms with Gasteiger partial charge in [-0.1, -0.05) is 12.1 Å². The van der Waals surface area contributed by atoms with Gasteiger partial charge in [-0.05, 0) is 24.1 Å². The van der Waals surface area contributed by atoms with Gasteiger partial charge in [0.15, 0.2) is 11.5 Å². The number of phenolic OH excluding ortho intramolecular Hbond substituents is 1. The number of phenols is 1. The van der Waals surface area contributed by atoms with Crippen LogP contribution in [-0.4, -0.2) is 12.2 Å². The SMILES string of the molecule is C=CCc1ccc(O)c(OC)c1.[H-].[Na+]. The maximum Gasteiger partial charge on any atom is 1.00 e.